The summed E-state index contributed by atoms with van der Waals surface area (Å²) in [4.78, 5) is 11.7. The zero-order chi connectivity index (χ0) is 11.4. The number of fused-ring (bicyclic) bond motifs is 1. The van der Waals surface area contributed by atoms with E-state index in [1.807, 2.05) is 12.1 Å². The van der Waals surface area contributed by atoms with E-state index in [-0.39, 0.29) is 11.9 Å². The van der Waals surface area contributed by atoms with E-state index in [0.717, 1.165) is 13.0 Å². The lowest BCUT2D eigenvalue weighted by Crippen LogP contribution is -2.47. The number of hydrogen-bond acceptors (Lipinski definition) is 2. The molecule has 0 bridgehead atoms. The minimum absolute atomic E-state index is 0.0209. The Balaban J connectivity index is 2.03. The molecule has 1 unspecified atom stereocenters. The topological polar surface area (TPSA) is 41.1 Å². The van der Waals surface area contributed by atoms with Crippen LogP contribution in [0.5, 0.6) is 0 Å². The third-order valence-electron chi connectivity index (χ3n) is 2.76. The SMILES string of the molecule is C#CCNC(=O)C1Cc2ccccc2CN1. The van der Waals surface area contributed by atoms with Gasteiger partial charge in [-0.25, -0.2) is 0 Å². The summed E-state index contributed by atoms with van der Waals surface area (Å²) in [5.41, 5.74) is 2.51. The molecule has 1 atom stereocenters. The molecule has 1 aliphatic rings. The van der Waals surface area contributed by atoms with Crippen LogP contribution in [-0.4, -0.2) is 18.5 Å². The summed E-state index contributed by atoms with van der Waals surface area (Å²) in [6.07, 6.45) is 5.83. The molecule has 1 amide bonds. The fourth-order valence-corrected chi connectivity index (χ4v) is 1.90. The molecular weight excluding hydrogens is 200 g/mol. The van der Waals surface area contributed by atoms with Gasteiger partial charge in [-0.3, -0.25) is 4.79 Å². The van der Waals surface area contributed by atoms with Gasteiger partial charge in [0.05, 0.1) is 12.6 Å². The molecule has 3 nitrogen and oxygen atoms in total. The van der Waals surface area contributed by atoms with Gasteiger partial charge in [0.15, 0.2) is 0 Å². The molecule has 1 aromatic carbocycles. The molecule has 0 fully saturated rings. The predicted molar refractivity (Wildman–Crippen MR) is 62.6 cm³/mol. The maximum absolute atomic E-state index is 11.7. The van der Waals surface area contributed by atoms with Gasteiger partial charge in [-0.05, 0) is 17.5 Å². The minimum atomic E-state index is -0.164. The van der Waals surface area contributed by atoms with Crippen molar-refractivity contribution in [1.82, 2.24) is 10.6 Å². The van der Waals surface area contributed by atoms with E-state index < -0.39 is 0 Å². The average molecular weight is 214 g/mol. The monoisotopic (exact) mass is 214 g/mol. The number of amides is 1. The summed E-state index contributed by atoms with van der Waals surface area (Å²) in [5.74, 6) is 2.38. The maximum Gasteiger partial charge on any atom is 0.238 e. The van der Waals surface area contributed by atoms with Crippen LogP contribution in [0.25, 0.3) is 0 Å². The number of benzene rings is 1. The summed E-state index contributed by atoms with van der Waals surface area (Å²) in [6.45, 7) is 1.03. The standard InChI is InChI=1S/C13H14N2O/c1-2-7-14-13(16)12-8-10-5-3-4-6-11(10)9-15-12/h1,3-6,12,15H,7-9H2,(H,14,16). The first kappa shape index (κ1) is 10.7. The van der Waals surface area contributed by atoms with Gasteiger partial charge < -0.3 is 10.6 Å². The van der Waals surface area contributed by atoms with Gasteiger partial charge >= 0.3 is 0 Å². The molecule has 1 aliphatic heterocycles. The van der Waals surface area contributed by atoms with Crippen LogP contribution in [-0.2, 0) is 17.8 Å². The molecule has 16 heavy (non-hydrogen) atoms. The van der Waals surface area contributed by atoms with E-state index in [1.165, 1.54) is 11.1 Å². The molecule has 0 spiro atoms. The fraction of sp³-hybridized carbons (Fsp3) is 0.308. The first-order chi connectivity index (χ1) is 7.81. The molecular formula is C13H14N2O. The Morgan fingerprint density at radius 2 is 2.25 bits per heavy atom. The summed E-state index contributed by atoms with van der Waals surface area (Å²) >= 11 is 0. The van der Waals surface area contributed by atoms with Crippen LogP contribution in [0.3, 0.4) is 0 Å². The highest BCUT2D eigenvalue weighted by Crippen LogP contribution is 2.15. The van der Waals surface area contributed by atoms with E-state index in [9.17, 15) is 4.79 Å². The Bertz CT molecular complexity index is 434. The van der Waals surface area contributed by atoms with Crippen LogP contribution in [0, 0.1) is 12.3 Å². The van der Waals surface area contributed by atoms with Gasteiger partial charge in [-0.1, -0.05) is 30.2 Å². The first-order valence-corrected chi connectivity index (χ1v) is 5.32. The largest absolute Gasteiger partial charge is 0.344 e. The number of nitrogens with one attached hydrogen (secondary N) is 2. The molecule has 2 N–H and O–H groups in total. The van der Waals surface area contributed by atoms with E-state index >= 15 is 0 Å². The van der Waals surface area contributed by atoms with Crippen molar-refractivity contribution in [1.29, 1.82) is 0 Å². The number of carbonyl (C=O) groups excluding carboxylic acids is 1. The van der Waals surface area contributed by atoms with Crippen LogP contribution in [0.1, 0.15) is 11.1 Å². The zero-order valence-corrected chi connectivity index (χ0v) is 8.99. The van der Waals surface area contributed by atoms with Gasteiger partial charge in [0.1, 0.15) is 0 Å². The highest BCUT2D eigenvalue weighted by molar-refractivity contribution is 5.82. The van der Waals surface area contributed by atoms with Crippen molar-refractivity contribution in [2.45, 2.75) is 19.0 Å². The number of hydrogen-bond donors (Lipinski definition) is 2. The third-order valence-corrected chi connectivity index (χ3v) is 2.76. The Kier molecular flexibility index (Phi) is 3.23. The Morgan fingerprint density at radius 3 is 3.00 bits per heavy atom. The minimum Gasteiger partial charge on any atom is -0.344 e. The van der Waals surface area contributed by atoms with Crippen molar-refractivity contribution < 1.29 is 4.79 Å². The fourth-order valence-electron chi connectivity index (χ4n) is 1.90. The second-order valence-corrected chi connectivity index (χ2v) is 3.83. The van der Waals surface area contributed by atoms with Crippen molar-refractivity contribution in [2.24, 2.45) is 0 Å². The lowest BCUT2D eigenvalue weighted by atomic mass is 9.95. The molecule has 0 aliphatic carbocycles. The molecule has 0 saturated heterocycles. The Labute approximate surface area is 95.2 Å². The lowest BCUT2D eigenvalue weighted by molar-refractivity contribution is -0.123. The first-order valence-electron chi connectivity index (χ1n) is 5.32. The lowest BCUT2D eigenvalue weighted by Gasteiger charge is -2.24. The number of rotatable bonds is 2. The van der Waals surface area contributed by atoms with Gasteiger partial charge in [0, 0.05) is 6.54 Å². The van der Waals surface area contributed by atoms with Crippen molar-refractivity contribution in [3.8, 4) is 12.3 Å². The molecule has 0 aromatic heterocycles. The summed E-state index contributed by atoms with van der Waals surface area (Å²) in [6, 6.07) is 8.00. The third kappa shape index (κ3) is 2.23. The quantitative estimate of drug-likeness (QED) is 0.702. The van der Waals surface area contributed by atoms with Gasteiger partial charge in [-0.2, -0.15) is 0 Å². The van der Waals surface area contributed by atoms with Crippen molar-refractivity contribution in [3.05, 3.63) is 35.4 Å². The summed E-state index contributed by atoms with van der Waals surface area (Å²) in [7, 11) is 0. The average Bonchev–Trinajstić information content (AvgIpc) is 2.35. The Hall–Kier alpha value is -1.79. The Morgan fingerprint density at radius 1 is 1.50 bits per heavy atom. The van der Waals surface area contributed by atoms with Crippen LogP contribution in [0.4, 0.5) is 0 Å². The molecule has 3 heteroatoms. The van der Waals surface area contributed by atoms with Gasteiger partial charge in [-0.15, -0.1) is 6.42 Å². The molecule has 2 rings (SSSR count). The van der Waals surface area contributed by atoms with Crippen molar-refractivity contribution >= 4 is 5.91 Å². The highest BCUT2D eigenvalue weighted by Gasteiger charge is 2.22. The summed E-state index contributed by atoms with van der Waals surface area (Å²) < 4.78 is 0. The van der Waals surface area contributed by atoms with Crippen LogP contribution in [0.15, 0.2) is 24.3 Å². The van der Waals surface area contributed by atoms with Crippen LogP contribution >= 0.6 is 0 Å². The normalized spacial score (nSPS) is 18.3. The van der Waals surface area contributed by atoms with Gasteiger partial charge in [0.2, 0.25) is 5.91 Å². The molecule has 0 radical (unpaired) electrons. The van der Waals surface area contributed by atoms with E-state index in [2.05, 4.69) is 28.7 Å². The maximum atomic E-state index is 11.7. The van der Waals surface area contributed by atoms with E-state index in [1.54, 1.807) is 0 Å². The van der Waals surface area contributed by atoms with Crippen LogP contribution < -0.4 is 10.6 Å². The molecule has 1 heterocycles. The molecule has 0 saturated carbocycles. The van der Waals surface area contributed by atoms with Crippen molar-refractivity contribution in [2.75, 3.05) is 6.54 Å². The van der Waals surface area contributed by atoms with E-state index in [4.69, 9.17) is 6.42 Å². The molecule has 1 aromatic rings. The van der Waals surface area contributed by atoms with E-state index in [0.29, 0.717) is 6.54 Å². The smallest absolute Gasteiger partial charge is 0.238 e. The zero-order valence-electron chi connectivity index (χ0n) is 8.99. The molecule has 82 valence electrons. The summed E-state index contributed by atoms with van der Waals surface area (Å²) in [5, 5.41) is 5.90. The number of terminal acetylenes is 1. The van der Waals surface area contributed by atoms with Gasteiger partial charge in [0.25, 0.3) is 0 Å². The van der Waals surface area contributed by atoms with Crippen LogP contribution in [0.2, 0.25) is 0 Å². The van der Waals surface area contributed by atoms with Crippen molar-refractivity contribution in [3.63, 3.8) is 0 Å². The predicted octanol–water partition coefficient (Wildman–Crippen LogP) is 0.450. The second-order valence-electron chi connectivity index (χ2n) is 3.83. The highest BCUT2D eigenvalue weighted by atomic mass is 16.2. The second kappa shape index (κ2) is 4.82. The number of carbonyl (C=O) groups is 1.